The van der Waals surface area contributed by atoms with E-state index in [9.17, 15) is 9.90 Å². The van der Waals surface area contributed by atoms with Gasteiger partial charge in [0.2, 0.25) is 5.91 Å². The molecule has 0 spiro atoms. The summed E-state index contributed by atoms with van der Waals surface area (Å²) < 4.78 is 1.92. The summed E-state index contributed by atoms with van der Waals surface area (Å²) >= 11 is 0. The van der Waals surface area contributed by atoms with E-state index < -0.39 is 6.10 Å². The van der Waals surface area contributed by atoms with Crippen LogP contribution in [0.25, 0.3) is 0 Å². The van der Waals surface area contributed by atoms with Gasteiger partial charge < -0.3 is 19.5 Å². The van der Waals surface area contributed by atoms with E-state index in [1.807, 2.05) is 29.5 Å². The van der Waals surface area contributed by atoms with Crippen LogP contribution in [0.1, 0.15) is 64.9 Å². The fraction of sp³-hybridized carbons (Fsp3) is 0.778. The van der Waals surface area contributed by atoms with Gasteiger partial charge in [0.1, 0.15) is 11.9 Å². The topological polar surface area (TPSA) is 61.6 Å². The Balaban J connectivity index is 1.88. The molecule has 0 saturated carbocycles. The number of imidazole rings is 1. The lowest BCUT2D eigenvalue weighted by molar-refractivity contribution is -0.135. The van der Waals surface area contributed by atoms with Crippen molar-refractivity contribution in [2.24, 2.45) is 0 Å². The van der Waals surface area contributed by atoms with Crippen molar-refractivity contribution < 1.29 is 9.90 Å². The number of nitrogens with zero attached hydrogens (tertiary/aromatic N) is 4. The smallest absolute Gasteiger partial charge is 0.225 e. The second-order valence-corrected chi connectivity index (χ2v) is 6.84. The number of hydrogen-bond acceptors (Lipinski definition) is 4. The van der Waals surface area contributed by atoms with Crippen LogP contribution in [0.5, 0.6) is 0 Å². The monoisotopic (exact) mass is 336 g/mol. The van der Waals surface area contributed by atoms with Crippen molar-refractivity contribution in [2.75, 3.05) is 26.2 Å². The zero-order valence-corrected chi connectivity index (χ0v) is 15.5. The maximum absolute atomic E-state index is 12.5. The maximum atomic E-state index is 12.5. The zero-order valence-electron chi connectivity index (χ0n) is 15.5. The molecule has 1 aliphatic rings. The van der Waals surface area contributed by atoms with Crippen molar-refractivity contribution >= 4 is 5.91 Å². The highest BCUT2D eigenvalue weighted by Crippen LogP contribution is 2.22. The highest BCUT2D eigenvalue weighted by atomic mass is 16.3. The highest BCUT2D eigenvalue weighted by Gasteiger charge is 2.27. The molecule has 1 saturated heterocycles. The molecule has 1 atom stereocenters. The molecule has 6 heteroatoms. The number of carbonyl (C=O) groups is 1. The van der Waals surface area contributed by atoms with Gasteiger partial charge in [0.25, 0.3) is 0 Å². The van der Waals surface area contributed by atoms with Crippen LogP contribution in [0, 0.1) is 0 Å². The molecule has 1 amide bonds. The Labute approximate surface area is 145 Å². The van der Waals surface area contributed by atoms with Gasteiger partial charge in [0.15, 0.2) is 0 Å². The lowest BCUT2D eigenvalue weighted by atomic mass is 10.0. The Morgan fingerprint density at radius 3 is 2.50 bits per heavy atom. The van der Waals surface area contributed by atoms with E-state index >= 15 is 0 Å². The summed E-state index contributed by atoms with van der Waals surface area (Å²) in [4.78, 5) is 21.1. The fourth-order valence-corrected chi connectivity index (χ4v) is 3.63. The van der Waals surface area contributed by atoms with Crippen molar-refractivity contribution in [3.63, 3.8) is 0 Å². The molecule has 1 N–H and O–H groups in total. The SMILES string of the molecule is CCN(CC)C1CCN(C(=O)CC(O)c2nccn2C(C)C)CC1. The second kappa shape index (κ2) is 8.62. The molecule has 1 aliphatic heterocycles. The molecule has 1 aromatic heterocycles. The average molecular weight is 336 g/mol. The normalized spacial score (nSPS) is 17.7. The molecule has 2 heterocycles. The molecular weight excluding hydrogens is 304 g/mol. The van der Waals surface area contributed by atoms with Gasteiger partial charge >= 0.3 is 0 Å². The van der Waals surface area contributed by atoms with Crippen molar-refractivity contribution in [1.82, 2.24) is 19.4 Å². The summed E-state index contributed by atoms with van der Waals surface area (Å²) in [6, 6.07) is 0.797. The van der Waals surface area contributed by atoms with Gasteiger partial charge in [-0.15, -0.1) is 0 Å². The number of aliphatic hydroxyl groups excluding tert-OH is 1. The van der Waals surface area contributed by atoms with Crippen LogP contribution in [0.15, 0.2) is 12.4 Å². The van der Waals surface area contributed by atoms with Crippen LogP contribution in [-0.2, 0) is 4.79 Å². The Morgan fingerprint density at radius 2 is 1.96 bits per heavy atom. The number of aromatic nitrogens is 2. The maximum Gasteiger partial charge on any atom is 0.225 e. The quantitative estimate of drug-likeness (QED) is 0.829. The van der Waals surface area contributed by atoms with E-state index in [0.29, 0.717) is 11.9 Å². The lowest BCUT2D eigenvalue weighted by Gasteiger charge is -2.38. The first kappa shape index (κ1) is 18.9. The molecule has 0 radical (unpaired) electrons. The molecular formula is C18H32N4O2. The molecule has 1 fully saturated rings. The number of hydrogen-bond donors (Lipinski definition) is 1. The van der Waals surface area contributed by atoms with Gasteiger partial charge in [0, 0.05) is 37.6 Å². The van der Waals surface area contributed by atoms with Crippen LogP contribution in [0.3, 0.4) is 0 Å². The van der Waals surface area contributed by atoms with Gasteiger partial charge in [-0.1, -0.05) is 13.8 Å². The number of likely N-dealkylation sites (tertiary alicyclic amines) is 1. The summed E-state index contributed by atoms with van der Waals surface area (Å²) in [5, 5.41) is 10.4. The van der Waals surface area contributed by atoms with Crippen LogP contribution in [0.4, 0.5) is 0 Å². The van der Waals surface area contributed by atoms with Crippen LogP contribution in [-0.4, -0.2) is 62.6 Å². The Kier molecular flexibility index (Phi) is 6.80. The predicted molar refractivity (Wildman–Crippen MR) is 94.7 cm³/mol. The van der Waals surface area contributed by atoms with E-state index in [1.54, 1.807) is 6.20 Å². The third kappa shape index (κ3) is 4.36. The lowest BCUT2D eigenvalue weighted by Crippen LogP contribution is -2.46. The van der Waals surface area contributed by atoms with Crippen molar-refractivity contribution in [3.8, 4) is 0 Å². The largest absolute Gasteiger partial charge is 0.385 e. The minimum Gasteiger partial charge on any atom is -0.385 e. The fourth-order valence-electron chi connectivity index (χ4n) is 3.63. The van der Waals surface area contributed by atoms with E-state index in [4.69, 9.17) is 0 Å². The molecule has 0 aromatic carbocycles. The van der Waals surface area contributed by atoms with Crippen LogP contribution in [0.2, 0.25) is 0 Å². The molecule has 0 bridgehead atoms. The van der Waals surface area contributed by atoms with Crippen LogP contribution >= 0.6 is 0 Å². The van der Waals surface area contributed by atoms with Gasteiger partial charge in [-0.3, -0.25) is 4.79 Å². The molecule has 6 nitrogen and oxygen atoms in total. The first-order chi connectivity index (χ1) is 11.5. The van der Waals surface area contributed by atoms with Crippen molar-refractivity contribution in [2.45, 2.75) is 65.1 Å². The van der Waals surface area contributed by atoms with E-state index in [2.05, 4.69) is 23.7 Å². The summed E-state index contributed by atoms with van der Waals surface area (Å²) in [7, 11) is 0. The first-order valence-corrected chi connectivity index (χ1v) is 9.20. The van der Waals surface area contributed by atoms with E-state index in [0.717, 1.165) is 39.0 Å². The standard InChI is InChI=1S/C18H32N4O2/c1-5-20(6-2)15-7-10-21(11-8-15)17(24)13-16(23)18-19-9-12-22(18)14(3)4/h9,12,14-16,23H,5-8,10-11,13H2,1-4H3. The summed E-state index contributed by atoms with van der Waals surface area (Å²) in [6.45, 7) is 12.1. The van der Waals surface area contributed by atoms with Gasteiger partial charge in [0.05, 0.1) is 6.42 Å². The van der Waals surface area contributed by atoms with Crippen LogP contribution < -0.4 is 0 Å². The third-order valence-electron chi connectivity index (χ3n) is 5.07. The average Bonchev–Trinajstić information content (AvgIpc) is 3.06. The number of rotatable bonds is 7. The molecule has 0 aliphatic carbocycles. The minimum atomic E-state index is -0.838. The van der Waals surface area contributed by atoms with E-state index in [1.165, 1.54) is 0 Å². The minimum absolute atomic E-state index is 0.0267. The van der Waals surface area contributed by atoms with Crippen molar-refractivity contribution in [3.05, 3.63) is 18.2 Å². The molecule has 24 heavy (non-hydrogen) atoms. The van der Waals surface area contributed by atoms with Gasteiger partial charge in [-0.2, -0.15) is 0 Å². The van der Waals surface area contributed by atoms with Gasteiger partial charge in [-0.05, 0) is 39.8 Å². The van der Waals surface area contributed by atoms with E-state index in [-0.39, 0.29) is 18.4 Å². The number of aliphatic hydroxyl groups is 1. The molecule has 136 valence electrons. The Bertz CT molecular complexity index is 517. The highest BCUT2D eigenvalue weighted by molar-refractivity contribution is 5.76. The number of carbonyl (C=O) groups excluding carboxylic acids is 1. The number of piperidine rings is 1. The summed E-state index contributed by atoms with van der Waals surface area (Å²) in [5.41, 5.74) is 0. The zero-order chi connectivity index (χ0) is 17.7. The second-order valence-electron chi connectivity index (χ2n) is 6.84. The molecule has 2 rings (SSSR count). The Hall–Kier alpha value is -1.40. The number of amides is 1. The first-order valence-electron chi connectivity index (χ1n) is 9.20. The summed E-state index contributed by atoms with van der Waals surface area (Å²) in [6.07, 6.45) is 4.84. The molecule has 1 unspecified atom stereocenters. The Morgan fingerprint density at radius 1 is 1.33 bits per heavy atom. The van der Waals surface area contributed by atoms with Gasteiger partial charge in [-0.25, -0.2) is 4.98 Å². The summed E-state index contributed by atoms with van der Waals surface area (Å²) in [5.74, 6) is 0.607. The van der Waals surface area contributed by atoms with Crippen molar-refractivity contribution in [1.29, 1.82) is 0 Å². The third-order valence-corrected chi connectivity index (χ3v) is 5.07. The molecule has 1 aromatic rings. The predicted octanol–water partition coefficient (Wildman–Crippen LogP) is 2.22.